The molecule has 0 spiro atoms. The van der Waals surface area contributed by atoms with Crippen LogP contribution in [0.5, 0.6) is 0 Å². The maximum absolute atomic E-state index is 8.63. The summed E-state index contributed by atoms with van der Waals surface area (Å²) in [6, 6.07) is 7.12. The molecule has 0 aromatic carbocycles. The molecule has 2 saturated heterocycles. The van der Waals surface area contributed by atoms with Crippen LogP contribution in [0, 0.1) is 11.3 Å². The van der Waals surface area contributed by atoms with Gasteiger partial charge in [0.15, 0.2) is 0 Å². The summed E-state index contributed by atoms with van der Waals surface area (Å²) in [6.45, 7) is 2.11. The van der Waals surface area contributed by atoms with Crippen LogP contribution < -0.4 is 10.2 Å². The summed E-state index contributed by atoms with van der Waals surface area (Å²) in [5.74, 6) is 0.992. The Labute approximate surface area is 82.2 Å². The van der Waals surface area contributed by atoms with Crippen molar-refractivity contribution in [3.05, 3.63) is 23.9 Å². The van der Waals surface area contributed by atoms with Crippen LogP contribution in [-0.4, -0.2) is 30.2 Å². The molecule has 2 fully saturated rings. The summed E-state index contributed by atoms with van der Waals surface area (Å²) in [4.78, 5) is 6.55. The van der Waals surface area contributed by atoms with E-state index in [1.54, 1.807) is 6.20 Å². The molecule has 0 saturated carbocycles. The predicted octanol–water partition coefficient (Wildman–Crippen LogP) is 0.114. The zero-order chi connectivity index (χ0) is 9.54. The van der Waals surface area contributed by atoms with Crippen LogP contribution in [-0.2, 0) is 0 Å². The van der Waals surface area contributed by atoms with Gasteiger partial charge in [0.2, 0.25) is 0 Å². The molecule has 1 aromatic heterocycles. The van der Waals surface area contributed by atoms with Crippen molar-refractivity contribution in [3.8, 4) is 6.07 Å². The molecule has 4 nitrogen and oxygen atoms in total. The average molecular weight is 186 g/mol. The Morgan fingerprint density at radius 3 is 2.93 bits per heavy atom. The summed E-state index contributed by atoms with van der Waals surface area (Å²) < 4.78 is 0. The summed E-state index contributed by atoms with van der Waals surface area (Å²) in [7, 11) is 0. The Bertz CT molecular complexity index is 392. The van der Waals surface area contributed by atoms with E-state index in [0.717, 1.165) is 18.9 Å². The van der Waals surface area contributed by atoms with Gasteiger partial charge >= 0.3 is 0 Å². The van der Waals surface area contributed by atoms with Gasteiger partial charge in [-0.15, -0.1) is 0 Å². The normalized spacial score (nSPS) is 28.4. The lowest BCUT2D eigenvalue weighted by atomic mass is 9.89. The second kappa shape index (κ2) is 2.69. The number of piperazine rings is 1. The van der Waals surface area contributed by atoms with Gasteiger partial charge < -0.3 is 10.2 Å². The lowest BCUT2D eigenvalue weighted by Gasteiger charge is -2.56. The number of nitriles is 1. The van der Waals surface area contributed by atoms with Gasteiger partial charge in [0, 0.05) is 25.3 Å². The maximum atomic E-state index is 8.63. The lowest BCUT2D eigenvalue weighted by molar-refractivity contribution is 0.211. The summed E-state index contributed by atoms with van der Waals surface area (Å²) in [5, 5.41) is 12.0. The average Bonchev–Trinajstić information content (AvgIpc) is 2.22. The largest absolute Gasteiger partial charge is 0.349 e. The SMILES string of the molecule is N#Cc1ccc(N2CC3NC[C@H]32)nc1. The summed E-state index contributed by atoms with van der Waals surface area (Å²) in [5.41, 5.74) is 0.623. The monoisotopic (exact) mass is 186 g/mol. The highest BCUT2D eigenvalue weighted by molar-refractivity contribution is 5.48. The minimum atomic E-state index is 0.623. The Kier molecular flexibility index (Phi) is 1.49. The molecular weight excluding hydrogens is 176 g/mol. The number of rotatable bonds is 1. The van der Waals surface area contributed by atoms with Crippen molar-refractivity contribution in [1.82, 2.24) is 10.3 Å². The van der Waals surface area contributed by atoms with E-state index in [2.05, 4.69) is 21.3 Å². The van der Waals surface area contributed by atoms with Crippen molar-refractivity contribution >= 4 is 5.82 Å². The number of aromatic nitrogens is 1. The molecule has 0 bridgehead atoms. The number of anilines is 1. The fraction of sp³-hybridized carbons (Fsp3) is 0.400. The molecule has 0 radical (unpaired) electrons. The van der Waals surface area contributed by atoms with Crippen LogP contribution in [0.2, 0.25) is 0 Å². The van der Waals surface area contributed by atoms with Gasteiger partial charge in [-0.3, -0.25) is 0 Å². The molecular formula is C10H10N4. The maximum Gasteiger partial charge on any atom is 0.128 e. The van der Waals surface area contributed by atoms with Crippen LogP contribution in [0.1, 0.15) is 5.56 Å². The van der Waals surface area contributed by atoms with Gasteiger partial charge in [-0.1, -0.05) is 0 Å². The first-order valence-corrected chi connectivity index (χ1v) is 4.74. The Hall–Kier alpha value is -1.60. The lowest BCUT2D eigenvalue weighted by Crippen LogP contribution is -2.78. The molecule has 70 valence electrons. The molecule has 14 heavy (non-hydrogen) atoms. The quantitative estimate of drug-likeness (QED) is 0.676. The van der Waals surface area contributed by atoms with E-state index in [9.17, 15) is 0 Å². The van der Waals surface area contributed by atoms with Gasteiger partial charge in [-0.2, -0.15) is 5.26 Å². The fourth-order valence-electron chi connectivity index (χ4n) is 2.00. The Morgan fingerprint density at radius 2 is 2.50 bits per heavy atom. The zero-order valence-electron chi connectivity index (χ0n) is 7.64. The van der Waals surface area contributed by atoms with Crippen molar-refractivity contribution in [1.29, 1.82) is 5.26 Å². The number of hydrogen-bond acceptors (Lipinski definition) is 4. The molecule has 4 heteroatoms. The van der Waals surface area contributed by atoms with Crippen molar-refractivity contribution in [2.75, 3.05) is 18.0 Å². The van der Waals surface area contributed by atoms with Crippen LogP contribution in [0.3, 0.4) is 0 Å². The Morgan fingerprint density at radius 1 is 1.57 bits per heavy atom. The molecule has 2 aliphatic rings. The second-order valence-electron chi connectivity index (χ2n) is 3.75. The summed E-state index contributed by atoms with van der Waals surface area (Å²) >= 11 is 0. The minimum absolute atomic E-state index is 0.623. The van der Waals surface area contributed by atoms with Crippen molar-refractivity contribution in [2.24, 2.45) is 0 Å². The molecule has 3 rings (SSSR count). The molecule has 0 amide bonds. The predicted molar refractivity (Wildman–Crippen MR) is 51.9 cm³/mol. The van der Waals surface area contributed by atoms with Gasteiger partial charge in [-0.05, 0) is 12.1 Å². The van der Waals surface area contributed by atoms with E-state index < -0.39 is 0 Å². The highest BCUT2D eigenvalue weighted by atomic mass is 15.4. The van der Waals surface area contributed by atoms with Gasteiger partial charge in [-0.25, -0.2) is 4.98 Å². The molecule has 1 N–H and O–H groups in total. The minimum Gasteiger partial charge on any atom is -0.349 e. The standard InChI is InChI=1S/C10H10N4/c11-3-7-1-2-10(13-4-7)14-6-8-9(14)5-12-8/h1-2,4,8-9,12H,5-6H2/t8?,9-/m1/s1. The fourth-order valence-corrected chi connectivity index (χ4v) is 2.00. The number of nitrogens with zero attached hydrogens (tertiary/aromatic N) is 3. The number of pyridine rings is 1. The third-order valence-corrected chi connectivity index (χ3v) is 3.02. The third-order valence-electron chi connectivity index (χ3n) is 3.02. The van der Waals surface area contributed by atoms with Crippen molar-refractivity contribution in [2.45, 2.75) is 12.1 Å². The molecule has 0 aliphatic carbocycles. The van der Waals surface area contributed by atoms with E-state index in [0.29, 0.717) is 17.6 Å². The number of nitrogens with one attached hydrogen (secondary N) is 1. The molecule has 3 heterocycles. The smallest absolute Gasteiger partial charge is 0.128 e. The molecule has 1 unspecified atom stereocenters. The highest BCUT2D eigenvalue weighted by Crippen LogP contribution is 2.29. The first kappa shape index (κ1) is 7.77. The van der Waals surface area contributed by atoms with Crippen molar-refractivity contribution in [3.63, 3.8) is 0 Å². The van der Waals surface area contributed by atoms with E-state index in [1.807, 2.05) is 12.1 Å². The van der Waals surface area contributed by atoms with Gasteiger partial charge in [0.25, 0.3) is 0 Å². The molecule has 2 atom stereocenters. The zero-order valence-corrected chi connectivity index (χ0v) is 7.64. The van der Waals surface area contributed by atoms with E-state index in [-0.39, 0.29) is 0 Å². The van der Waals surface area contributed by atoms with Gasteiger partial charge in [0.05, 0.1) is 11.6 Å². The second-order valence-corrected chi connectivity index (χ2v) is 3.75. The van der Waals surface area contributed by atoms with E-state index in [4.69, 9.17) is 5.26 Å². The Balaban J connectivity index is 1.81. The molecule has 2 aliphatic heterocycles. The highest BCUT2D eigenvalue weighted by Gasteiger charge is 2.45. The topological polar surface area (TPSA) is 52.0 Å². The van der Waals surface area contributed by atoms with E-state index >= 15 is 0 Å². The van der Waals surface area contributed by atoms with Crippen LogP contribution in [0.4, 0.5) is 5.82 Å². The molecule has 1 aromatic rings. The van der Waals surface area contributed by atoms with Crippen LogP contribution in [0.25, 0.3) is 0 Å². The van der Waals surface area contributed by atoms with Crippen molar-refractivity contribution < 1.29 is 0 Å². The first-order chi connectivity index (χ1) is 6.88. The van der Waals surface area contributed by atoms with Gasteiger partial charge in [0.1, 0.15) is 11.9 Å². The first-order valence-electron chi connectivity index (χ1n) is 4.74. The van der Waals surface area contributed by atoms with E-state index in [1.165, 1.54) is 0 Å². The summed E-state index contributed by atoms with van der Waals surface area (Å²) in [6.07, 6.45) is 1.63. The number of fused-ring (bicyclic) bond motifs is 1. The number of hydrogen-bond donors (Lipinski definition) is 1. The third kappa shape index (κ3) is 0.932. The van der Waals surface area contributed by atoms with Crippen LogP contribution in [0.15, 0.2) is 18.3 Å². The van der Waals surface area contributed by atoms with Crippen LogP contribution >= 0.6 is 0 Å².